The molecular weight excluding hydrogens is 417 g/mol. The van der Waals surface area contributed by atoms with E-state index < -0.39 is 23.2 Å². The second-order valence-corrected chi connectivity index (χ2v) is 7.11. The molecule has 1 heterocycles. The largest absolute Gasteiger partial charge is 0.457 e. The molecule has 0 aliphatic heterocycles. The van der Waals surface area contributed by atoms with Crippen molar-refractivity contribution in [2.24, 2.45) is 0 Å². The van der Waals surface area contributed by atoms with Crippen LogP contribution in [0.5, 0.6) is 11.5 Å². The quantitative estimate of drug-likeness (QED) is 0.334. The van der Waals surface area contributed by atoms with E-state index in [0.29, 0.717) is 28.4 Å². The molecule has 4 aromatic rings. The molecule has 0 saturated carbocycles. The molecule has 0 unspecified atom stereocenters. The molecule has 0 saturated heterocycles. The number of fused-ring (bicyclic) bond motifs is 1. The van der Waals surface area contributed by atoms with Gasteiger partial charge in [-0.25, -0.2) is 18.0 Å². The Labute approximate surface area is 181 Å². The molecule has 0 amide bonds. The molecule has 0 aliphatic rings. The van der Waals surface area contributed by atoms with Gasteiger partial charge >= 0.3 is 0 Å². The van der Waals surface area contributed by atoms with Crippen molar-refractivity contribution in [3.8, 4) is 11.5 Å². The Morgan fingerprint density at radius 1 is 0.906 bits per heavy atom. The third-order valence-corrected chi connectivity index (χ3v) is 4.86. The number of hydrogen-bond donors (Lipinski definition) is 0. The predicted octanol–water partition coefficient (Wildman–Crippen LogP) is 6.35. The van der Waals surface area contributed by atoms with E-state index in [4.69, 9.17) is 11.3 Å². The topological polar surface area (TPSA) is 43.5 Å². The maximum absolute atomic E-state index is 14.6. The minimum Gasteiger partial charge on any atom is -0.457 e. The Hall–Kier alpha value is -4.18. The average molecular weight is 432 g/mol. The number of ether oxygens (including phenoxy) is 1. The normalized spacial score (nSPS) is 10.7. The first-order chi connectivity index (χ1) is 15.4. The van der Waals surface area contributed by atoms with Crippen LogP contribution in [0.3, 0.4) is 0 Å². The fourth-order valence-electron chi connectivity index (χ4n) is 3.28. The summed E-state index contributed by atoms with van der Waals surface area (Å²) in [5, 5.41) is 0.613. The number of hydrogen-bond acceptors (Lipinski definition) is 3. The maximum atomic E-state index is 14.6. The van der Waals surface area contributed by atoms with Crippen LogP contribution in [-0.4, -0.2) is 10.8 Å². The van der Waals surface area contributed by atoms with E-state index >= 15 is 0 Å². The standard InChI is InChI=1S/C25H15F3N2O2/c1-29-18-5-7-24-21(13-18)25(8-9-30-24)32-20-6-3-16(23(28)14-20)11-19(31)10-15-2-4-17(26)12-22(15)27/h2-9,12-14H,10-11H2. The van der Waals surface area contributed by atoms with Crippen LogP contribution in [0, 0.1) is 24.0 Å². The summed E-state index contributed by atoms with van der Waals surface area (Å²) in [6.45, 7) is 7.16. The average Bonchev–Trinajstić information content (AvgIpc) is 2.77. The lowest BCUT2D eigenvalue weighted by Crippen LogP contribution is -2.09. The highest BCUT2D eigenvalue weighted by molar-refractivity contribution is 5.88. The van der Waals surface area contributed by atoms with Crippen LogP contribution in [0.2, 0.25) is 0 Å². The molecule has 0 aliphatic carbocycles. The first kappa shape index (κ1) is 21.1. The molecule has 0 radical (unpaired) electrons. The summed E-state index contributed by atoms with van der Waals surface area (Å²) in [4.78, 5) is 19.9. The Balaban J connectivity index is 1.51. The summed E-state index contributed by atoms with van der Waals surface area (Å²) in [5.74, 6) is -1.97. The number of rotatable bonds is 6. The summed E-state index contributed by atoms with van der Waals surface area (Å²) in [5.41, 5.74) is 1.25. The van der Waals surface area contributed by atoms with Crippen molar-refractivity contribution in [1.29, 1.82) is 0 Å². The second-order valence-electron chi connectivity index (χ2n) is 7.11. The Morgan fingerprint density at radius 3 is 2.31 bits per heavy atom. The van der Waals surface area contributed by atoms with Crippen LogP contribution < -0.4 is 4.74 Å². The van der Waals surface area contributed by atoms with Gasteiger partial charge in [-0.3, -0.25) is 9.78 Å². The third kappa shape index (κ3) is 4.60. The van der Waals surface area contributed by atoms with E-state index in [1.165, 1.54) is 18.2 Å². The van der Waals surface area contributed by atoms with E-state index in [2.05, 4.69) is 9.83 Å². The monoisotopic (exact) mass is 432 g/mol. The minimum absolute atomic E-state index is 0.0557. The lowest BCUT2D eigenvalue weighted by Gasteiger charge is -2.10. The summed E-state index contributed by atoms with van der Waals surface area (Å²) in [6.07, 6.45) is 1.04. The summed E-state index contributed by atoms with van der Waals surface area (Å²) < 4.78 is 47.2. The summed E-state index contributed by atoms with van der Waals surface area (Å²) in [6, 6.07) is 13.7. The first-order valence-corrected chi connectivity index (χ1v) is 9.61. The minimum atomic E-state index is -0.812. The number of halogens is 3. The van der Waals surface area contributed by atoms with Crippen LogP contribution >= 0.6 is 0 Å². The third-order valence-electron chi connectivity index (χ3n) is 4.86. The molecule has 158 valence electrons. The molecule has 0 N–H and O–H groups in total. The van der Waals surface area contributed by atoms with Gasteiger partial charge in [0.25, 0.3) is 0 Å². The number of carbonyl (C=O) groups is 1. The van der Waals surface area contributed by atoms with Gasteiger partial charge in [0.15, 0.2) is 5.69 Å². The molecule has 32 heavy (non-hydrogen) atoms. The van der Waals surface area contributed by atoms with Gasteiger partial charge in [-0.1, -0.05) is 18.2 Å². The number of ketones is 1. The van der Waals surface area contributed by atoms with E-state index in [9.17, 15) is 18.0 Å². The van der Waals surface area contributed by atoms with Crippen molar-refractivity contribution in [2.45, 2.75) is 12.8 Å². The Kier molecular flexibility index (Phi) is 5.86. The fourth-order valence-corrected chi connectivity index (χ4v) is 3.28. The van der Waals surface area contributed by atoms with Gasteiger partial charge in [0.1, 0.15) is 34.7 Å². The van der Waals surface area contributed by atoms with Gasteiger partial charge < -0.3 is 4.74 Å². The van der Waals surface area contributed by atoms with E-state index in [0.717, 1.165) is 12.1 Å². The van der Waals surface area contributed by atoms with Gasteiger partial charge in [-0.2, -0.15) is 0 Å². The molecule has 0 atom stereocenters. The molecule has 0 spiro atoms. The van der Waals surface area contributed by atoms with Gasteiger partial charge in [0.2, 0.25) is 0 Å². The molecular formula is C25H15F3N2O2. The Morgan fingerprint density at radius 2 is 1.62 bits per heavy atom. The van der Waals surface area contributed by atoms with Crippen LogP contribution in [0.1, 0.15) is 11.1 Å². The van der Waals surface area contributed by atoms with Gasteiger partial charge in [-0.15, -0.1) is 0 Å². The van der Waals surface area contributed by atoms with Crippen LogP contribution in [0.15, 0.2) is 66.9 Å². The maximum Gasteiger partial charge on any atom is 0.188 e. The molecule has 0 fully saturated rings. The zero-order chi connectivity index (χ0) is 22.7. The SMILES string of the molecule is [C-]#[N+]c1ccc2nccc(Oc3ccc(CC(=O)Cc4ccc(F)cc4F)c(F)c3)c2c1. The number of Topliss-reactive ketones (excluding diaryl/α,β-unsaturated/α-hetero) is 1. The Bertz CT molecular complexity index is 1380. The number of pyridine rings is 1. The number of carbonyl (C=O) groups excluding carboxylic acids is 1. The number of benzene rings is 3. The highest BCUT2D eigenvalue weighted by atomic mass is 19.1. The lowest BCUT2D eigenvalue weighted by molar-refractivity contribution is -0.117. The van der Waals surface area contributed by atoms with Crippen molar-refractivity contribution in [2.75, 3.05) is 0 Å². The van der Waals surface area contributed by atoms with Gasteiger partial charge in [0.05, 0.1) is 12.1 Å². The van der Waals surface area contributed by atoms with E-state index in [-0.39, 0.29) is 29.7 Å². The highest BCUT2D eigenvalue weighted by Crippen LogP contribution is 2.32. The van der Waals surface area contributed by atoms with Crippen molar-refractivity contribution in [3.63, 3.8) is 0 Å². The zero-order valence-electron chi connectivity index (χ0n) is 16.6. The van der Waals surface area contributed by atoms with Crippen molar-refractivity contribution < 1.29 is 22.7 Å². The molecule has 4 rings (SSSR count). The zero-order valence-corrected chi connectivity index (χ0v) is 16.6. The number of aromatic nitrogens is 1. The number of nitrogens with zero attached hydrogens (tertiary/aromatic N) is 2. The fraction of sp³-hybridized carbons (Fsp3) is 0.0800. The lowest BCUT2D eigenvalue weighted by atomic mass is 10.0. The highest BCUT2D eigenvalue weighted by Gasteiger charge is 2.14. The van der Waals surface area contributed by atoms with E-state index in [1.54, 1.807) is 30.5 Å². The molecule has 7 heteroatoms. The van der Waals surface area contributed by atoms with Crippen LogP contribution in [0.4, 0.5) is 18.9 Å². The van der Waals surface area contributed by atoms with Gasteiger partial charge in [0, 0.05) is 36.6 Å². The van der Waals surface area contributed by atoms with Crippen molar-refractivity contribution in [1.82, 2.24) is 4.98 Å². The van der Waals surface area contributed by atoms with E-state index in [1.807, 2.05) is 0 Å². The van der Waals surface area contributed by atoms with Crippen LogP contribution in [0.25, 0.3) is 15.7 Å². The van der Waals surface area contributed by atoms with Crippen molar-refractivity contribution in [3.05, 3.63) is 107 Å². The van der Waals surface area contributed by atoms with Crippen LogP contribution in [-0.2, 0) is 17.6 Å². The molecule has 4 nitrogen and oxygen atoms in total. The van der Waals surface area contributed by atoms with Gasteiger partial charge in [-0.05, 0) is 41.5 Å². The summed E-state index contributed by atoms with van der Waals surface area (Å²) in [7, 11) is 0. The van der Waals surface area contributed by atoms with Crippen molar-refractivity contribution >= 4 is 22.4 Å². The summed E-state index contributed by atoms with van der Waals surface area (Å²) >= 11 is 0. The molecule has 0 bridgehead atoms. The predicted molar refractivity (Wildman–Crippen MR) is 113 cm³/mol. The second kappa shape index (κ2) is 8.90. The smallest absolute Gasteiger partial charge is 0.188 e. The first-order valence-electron chi connectivity index (χ1n) is 9.61. The molecule has 3 aromatic carbocycles. The molecule has 1 aromatic heterocycles.